The Hall–Kier alpha value is -0.580. The second-order valence-corrected chi connectivity index (χ2v) is 4.71. The van der Waals surface area contributed by atoms with Crippen molar-refractivity contribution in [3.8, 4) is 5.75 Å². The number of rotatable bonds is 5. The number of methoxy groups -OCH3 is 1. The van der Waals surface area contributed by atoms with Crippen LogP contribution in [0.5, 0.6) is 5.75 Å². The molecule has 1 rings (SSSR count). The number of hydrogen-bond donors (Lipinski definition) is 2. The minimum Gasteiger partial charge on any atom is -0.497 e. The molecule has 2 atom stereocenters. The summed E-state index contributed by atoms with van der Waals surface area (Å²) < 4.78 is 6.15. The lowest BCUT2D eigenvalue weighted by atomic mass is 10.1. The number of aliphatic hydroxyl groups is 1. The summed E-state index contributed by atoms with van der Waals surface area (Å²) in [6.07, 6.45) is 0. The van der Waals surface area contributed by atoms with Gasteiger partial charge in [-0.25, -0.2) is 0 Å². The Morgan fingerprint density at radius 3 is 2.62 bits per heavy atom. The van der Waals surface area contributed by atoms with Crippen molar-refractivity contribution in [2.24, 2.45) is 0 Å². The minimum absolute atomic E-state index is 0.0870. The zero-order chi connectivity index (χ0) is 12.1. The lowest BCUT2D eigenvalue weighted by Gasteiger charge is -2.20. The van der Waals surface area contributed by atoms with Crippen LogP contribution in [0.15, 0.2) is 22.7 Å². The van der Waals surface area contributed by atoms with Gasteiger partial charge in [0, 0.05) is 16.6 Å². The maximum Gasteiger partial charge on any atom is 0.120 e. The summed E-state index contributed by atoms with van der Waals surface area (Å²) in [6, 6.07) is 6.16. The Balaban J connectivity index is 2.79. The molecular weight excluding hydrogens is 270 g/mol. The fraction of sp³-hybridized carbons (Fsp3) is 0.500. The van der Waals surface area contributed by atoms with Gasteiger partial charge in [-0.05, 0) is 31.5 Å². The van der Waals surface area contributed by atoms with Crippen LogP contribution >= 0.6 is 15.9 Å². The summed E-state index contributed by atoms with van der Waals surface area (Å²) >= 11 is 3.52. The summed E-state index contributed by atoms with van der Waals surface area (Å²) in [5, 5.41) is 12.3. The molecule has 0 aliphatic heterocycles. The fourth-order valence-electron chi connectivity index (χ4n) is 1.56. The molecule has 0 fully saturated rings. The van der Waals surface area contributed by atoms with Crippen molar-refractivity contribution in [1.82, 2.24) is 5.32 Å². The van der Waals surface area contributed by atoms with Gasteiger partial charge in [-0.15, -0.1) is 0 Å². The molecule has 2 unspecified atom stereocenters. The van der Waals surface area contributed by atoms with Crippen LogP contribution in [0.1, 0.15) is 25.5 Å². The Bertz CT molecular complexity index is 344. The van der Waals surface area contributed by atoms with Gasteiger partial charge in [0.25, 0.3) is 0 Å². The first-order valence-electron chi connectivity index (χ1n) is 5.28. The molecule has 90 valence electrons. The zero-order valence-electron chi connectivity index (χ0n) is 9.83. The quantitative estimate of drug-likeness (QED) is 0.874. The lowest BCUT2D eigenvalue weighted by Crippen LogP contribution is -2.31. The van der Waals surface area contributed by atoms with Gasteiger partial charge in [0.1, 0.15) is 5.75 Å². The fourth-order valence-corrected chi connectivity index (χ4v) is 2.26. The molecule has 3 nitrogen and oxygen atoms in total. The van der Waals surface area contributed by atoms with Gasteiger partial charge in [0.15, 0.2) is 0 Å². The molecule has 0 aliphatic carbocycles. The van der Waals surface area contributed by atoms with Crippen LogP contribution < -0.4 is 10.1 Å². The summed E-state index contributed by atoms with van der Waals surface area (Å²) in [7, 11) is 1.65. The molecule has 0 aromatic heterocycles. The van der Waals surface area contributed by atoms with Crippen molar-refractivity contribution in [3.05, 3.63) is 28.2 Å². The third-order valence-electron chi connectivity index (χ3n) is 2.48. The molecule has 0 spiro atoms. The van der Waals surface area contributed by atoms with E-state index in [1.165, 1.54) is 0 Å². The van der Waals surface area contributed by atoms with E-state index in [0.29, 0.717) is 0 Å². The highest BCUT2D eigenvalue weighted by Gasteiger charge is 2.12. The number of ether oxygens (including phenoxy) is 1. The van der Waals surface area contributed by atoms with E-state index >= 15 is 0 Å². The van der Waals surface area contributed by atoms with E-state index in [-0.39, 0.29) is 18.7 Å². The van der Waals surface area contributed by atoms with Crippen LogP contribution in [-0.2, 0) is 0 Å². The smallest absolute Gasteiger partial charge is 0.120 e. The second-order valence-electron chi connectivity index (χ2n) is 3.86. The van der Waals surface area contributed by atoms with E-state index in [9.17, 15) is 0 Å². The van der Waals surface area contributed by atoms with Crippen molar-refractivity contribution >= 4 is 15.9 Å². The van der Waals surface area contributed by atoms with Crippen LogP contribution in [-0.4, -0.2) is 24.9 Å². The highest BCUT2D eigenvalue weighted by molar-refractivity contribution is 9.10. The first-order chi connectivity index (χ1) is 7.58. The van der Waals surface area contributed by atoms with Crippen molar-refractivity contribution in [3.63, 3.8) is 0 Å². The Morgan fingerprint density at radius 2 is 2.12 bits per heavy atom. The Labute approximate surface area is 105 Å². The standard InChI is InChI=1S/C12H18BrNO2/c1-8(7-15)14-9(2)11-5-4-10(16-3)6-12(11)13/h4-6,8-9,14-15H,7H2,1-3H3. The average molecular weight is 288 g/mol. The molecular formula is C12H18BrNO2. The largest absolute Gasteiger partial charge is 0.497 e. The first kappa shape index (κ1) is 13.5. The molecule has 0 aliphatic rings. The van der Waals surface area contributed by atoms with Crippen LogP contribution in [0.3, 0.4) is 0 Å². The number of nitrogens with one attached hydrogen (secondary N) is 1. The van der Waals surface area contributed by atoms with Crippen molar-refractivity contribution in [2.45, 2.75) is 25.9 Å². The normalized spacial score (nSPS) is 14.6. The van der Waals surface area contributed by atoms with E-state index in [4.69, 9.17) is 9.84 Å². The summed E-state index contributed by atoms with van der Waals surface area (Å²) in [5.41, 5.74) is 1.15. The molecule has 4 heteroatoms. The van der Waals surface area contributed by atoms with Crippen LogP contribution in [0.4, 0.5) is 0 Å². The van der Waals surface area contributed by atoms with E-state index in [1.54, 1.807) is 7.11 Å². The van der Waals surface area contributed by atoms with E-state index < -0.39 is 0 Å². The molecule has 1 aromatic rings. The first-order valence-corrected chi connectivity index (χ1v) is 6.08. The number of halogens is 1. The predicted molar refractivity (Wildman–Crippen MR) is 68.8 cm³/mol. The van der Waals surface area contributed by atoms with Crippen molar-refractivity contribution in [2.75, 3.05) is 13.7 Å². The monoisotopic (exact) mass is 287 g/mol. The van der Waals surface area contributed by atoms with Gasteiger partial charge in [0.2, 0.25) is 0 Å². The predicted octanol–water partition coefficient (Wildman–Crippen LogP) is 2.49. The van der Waals surface area contributed by atoms with Crippen molar-refractivity contribution in [1.29, 1.82) is 0 Å². The van der Waals surface area contributed by atoms with Gasteiger partial charge >= 0.3 is 0 Å². The SMILES string of the molecule is COc1ccc(C(C)NC(C)CO)c(Br)c1. The molecule has 0 saturated heterocycles. The molecule has 0 amide bonds. The molecule has 0 radical (unpaired) electrons. The van der Waals surface area contributed by atoms with Gasteiger partial charge in [-0.1, -0.05) is 22.0 Å². The highest BCUT2D eigenvalue weighted by Crippen LogP contribution is 2.27. The maximum atomic E-state index is 8.99. The van der Waals surface area contributed by atoms with Gasteiger partial charge in [-0.2, -0.15) is 0 Å². The average Bonchev–Trinajstić information content (AvgIpc) is 2.28. The van der Waals surface area contributed by atoms with Gasteiger partial charge < -0.3 is 15.2 Å². The Morgan fingerprint density at radius 1 is 1.44 bits per heavy atom. The van der Waals surface area contributed by atoms with Gasteiger partial charge in [-0.3, -0.25) is 0 Å². The van der Waals surface area contributed by atoms with Crippen LogP contribution in [0.2, 0.25) is 0 Å². The summed E-state index contributed by atoms with van der Waals surface area (Å²) in [4.78, 5) is 0. The molecule has 0 bridgehead atoms. The molecule has 1 aromatic carbocycles. The minimum atomic E-state index is 0.0870. The second kappa shape index (κ2) is 6.23. The maximum absolute atomic E-state index is 8.99. The van der Waals surface area contributed by atoms with E-state index in [2.05, 4.69) is 28.2 Å². The van der Waals surface area contributed by atoms with Crippen LogP contribution in [0, 0.1) is 0 Å². The summed E-state index contributed by atoms with van der Waals surface area (Å²) in [6.45, 7) is 4.16. The van der Waals surface area contributed by atoms with Crippen molar-refractivity contribution < 1.29 is 9.84 Å². The summed E-state index contributed by atoms with van der Waals surface area (Å²) in [5.74, 6) is 0.832. The number of aliphatic hydroxyl groups excluding tert-OH is 1. The zero-order valence-corrected chi connectivity index (χ0v) is 11.4. The van der Waals surface area contributed by atoms with Crippen LogP contribution in [0.25, 0.3) is 0 Å². The topological polar surface area (TPSA) is 41.5 Å². The molecule has 2 N–H and O–H groups in total. The third kappa shape index (κ3) is 3.47. The number of hydrogen-bond acceptors (Lipinski definition) is 3. The van der Waals surface area contributed by atoms with E-state index in [0.717, 1.165) is 15.8 Å². The molecule has 0 saturated carbocycles. The molecule has 0 heterocycles. The highest BCUT2D eigenvalue weighted by atomic mass is 79.9. The van der Waals surface area contributed by atoms with E-state index in [1.807, 2.05) is 25.1 Å². The molecule has 16 heavy (non-hydrogen) atoms. The lowest BCUT2D eigenvalue weighted by molar-refractivity contribution is 0.243. The third-order valence-corrected chi connectivity index (χ3v) is 3.17. The number of benzene rings is 1. The van der Waals surface area contributed by atoms with Gasteiger partial charge in [0.05, 0.1) is 13.7 Å². The Kier molecular flexibility index (Phi) is 5.25.